The van der Waals surface area contributed by atoms with Crippen molar-refractivity contribution in [3.63, 3.8) is 0 Å². The van der Waals surface area contributed by atoms with Crippen molar-refractivity contribution in [1.29, 1.82) is 0 Å². The van der Waals surface area contributed by atoms with Crippen molar-refractivity contribution >= 4 is 0 Å². The summed E-state index contributed by atoms with van der Waals surface area (Å²) >= 11 is 0. The Morgan fingerprint density at radius 2 is 1.93 bits per heavy atom. The topological polar surface area (TPSA) is 47.3 Å². The lowest BCUT2D eigenvalue weighted by atomic mass is 9.90. The summed E-state index contributed by atoms with van der Waals surface area (Å²) in [5.41, 5.74) is 2.95. The largest absolute Gasteiger partial charge is 0.385 e. The van der Waals surface area contributed by atoms with Crippen molar-refractivity contribution in [2.45, 2.75) is 51.0 Å². The Bertz CT molecular complexity index is 133. The summed E-state index contributed by atoms with van der Waals surface area (Å²) in [5, 5.41) is 0. The maximum atomic E-state index is 5.59. The summed E-state index contributed by atoms with van der Waals surface area (Å²) in [6.07, 6.45) is 9.25. The maximum Gasteiger partial charge on any atom is 0.0477 e. The van der Waals surface area contributed by atoms with Crippen LogP contribution in [0.4, 0.5) is 0 Å². The summed E-state index contributed by atoms with van der Waals surface area (Å²) in [6, 6.07) is 0.452. The van der Waals surface area contributed by atoms with Crippen LogP contribution in [0.2, 0.25) is 0 Å². The third-order valence-electron chi connectivity index (χ3n) is 3.32. The van der Waals surface area contributed by atoms with Gasteiger partial charge in [0.25, 0.3) is 0 Å². The fourth-order valence-electron chi connectivity index (χ4n) is 2.41. The molecule has 1 aliphatic rings. The minimum Gasteiger partial charge on any atom is -0.385 e. The number of methoxy groups -OCH3 is 1. The molecule has 14 heavy (non-hydrogen) atoms. The second kappa shape index (κ2) is 7.21. The first-order chi connectivity index (χ1) is 6.88. The highest BCUT2D eigenvalue weighted by Gasteiger charge is 2.21. The van der Waals surface area contributed by atoms with E-state index in [4.69, 9.17) is 10.6 Å². The number of rotatable bonds is 5. The third kappa shape index (κ3) is 3.95. The van der Waals surface area contributed by atoms with Crippen LogP contribution in [0.3, 0.4) is 0 Å². The predicted molar refractivity (Wildman–Crippen MR) is 58.8 cm³/mol. The van der Waals surface area contributed by atoms with Crippen molar-refractivity contribution in [1.82, 2.24) is 5.43 Å². The summed E-state index contributed by atoms with van der Waals surface area (Å²) in [6.45, 7) is 0.811. The van der Waals surface area contributed by atoms with E-state index in [1.807, 2.05) is 0 Å². The summed E-state index contributed by atoms with van der Waals surface area (Å²) < 4.78 is 5.10. The Morgan fingerprint density at radius 3 is 2.43 bits per heavy atom. The zero-order valence-electron chi connectivity index (χ0n) is 9.30. The van der Waals surface area contributed by atoms with Crippen molar-refractivity contribution in [3.05, 3.63) is 0 Å². The minimum atomic E-state index is 0.452. The number of nitrogens with two attached hydrogens (primary N) is 1. The minimum absolute atomic E-state index is 0.452. The Kier molecular flexibility index (Phi) is 6.15. The van der Waals surface area contributed by atoms with E-state index in [2.05, 4.69) is 5.43 Å². The SMILES string of the molecule is COCCC(NN)C1CCCCCC1. The molecule has 3 N–H and O–H groups in total. The molecule has 0 aromatic rings. The summed E-state index contributed by atoms with van der Waals surface area (Å²) in [5.74, 6) is 6.35. The van der Waals surface area contributed by atoms with Gasteiger partial charge in [0, 0.05) is 19.8 Å². The van der Waals surface area contributed by atoms with Gasteiger partial charge in [-0.05, 0) is 25.2 Å². The van der Waals surface area contributed by atoms with E-state index < -0.39 is 0 Å². The van der Waals surface area contributed by atoms with E-state index in [0.717, 1.165) is 18.9 Å². The Hall–Kier alpha value is -0.120. The van der Waals surface area contributed by atoms with E-state index in [-0.39, 0.29) is 0 Å². The number of hydrogen-bond acceptors (Lipinski definition) is 3. The van der Waals surface area contributed by atoms with Crippen LogP contribution in [-0.4, -0.2) is 19.8 Å². The maximum absolute atomic E-state index is 5.59. The molecular weight excluding hydrogens is 176 g/mol. The molecule has 3 nitrogen and oxygen atoms in total. The summed E-state index contributed by atoms with van der Waals surface area (Å²) in [7, 11) is 1.75. The summed E-state index contributed by atoms with van der Waals surface area (Å²) in [4.78, 5) is 0. The van der Waals surface area contributed by atoms with Crippen LogP contribution in [0.1, 0.15) is 44.9 Å². The van der Waals surface area contributed by atoms with Crippen LogP contribution >= 0.6 is 0 Å². The van der Waals surface area contributed by atoms with Crippen LogP contribution in [0.15, 0.2) is 0 Å². The molecule has 0 amide bonds. The number of nitrogens with one attached hydrogen (secondary N) is 1. The second-order valence-electron chi connectivity index (χ2n) is 4.31. The molecular formula is C11H24N2O. The van der Waals surface area contributed by atoms with Gasteiger partial charge in [0.1, 0.15) is 0 Å². The van der Waals surface area contributed by atoms with Gasteiger partial charge < -0.3 is 4.74 Å². The van der Waals surface area contributed by atoms with Crippen molar-refractivity contribution in [2.75, 3.05) is 13.7 Å². The lowest BCUT2D eigenvalue weighted by molar-refractivity contribution is 0.166. The number of hydrazine groups is 1. The number of hydrogen-bond donors (Lipinski definition) is 2. The van der Waals surface area contributed by atoms with E-state index in [1.165, 1.54) is 38.5 Å². The lowest BCUT2D eigenvalue weighted by Crippen LogP contribution is -2.41. The quantitative estimate of drug-likeness (QED) is 0.404. The van der Waals surface area contributed by atoms with Crippen molar-refractivity contribution in [3.8, 4) is 0 Å². The van der Waals surface area contributed by atoms with Crippen molar-refractivity contribution < 1.29 is 4.74 Å². The van der Waals surface area contributed by atoms with Gasteiger partial charge in [0.15, 0.2) is 0 Å². The van der Waals surface area contributed by atoms with Crippen LogP contribution in [0.25, 0.3) is 0 Å². The zero-order chi connectivity index (χ0) is 10.2. The van der Waals surface area contributed by atoms with Crippen LogP contribution < -0.4 is 11.3 Å². The molecule has 0 heterocycles. The van der Waals surface area contributed by atoms with Gasteiger partial charge in [-0.25, -0.2) is 0 Å². The molecule has 1 saturated carbocycles. The molecule has 3 heteroatoms. The fourth-order valence-corrected chi connectivity index (χ4v) is 2.41. The normalized spacial score (nSPS) is 21.9. The molecule has 0 radical (unpaired) electrons. The first kappa shape index (κ1) is 12.0. The molecule has 1 aliphatic carbocycles. The fraction of sp³-hybridized carbons (Fsp3) is 1.00. The monoisotopic (exact) mass is 200 g/mol. The predicted octanol–water partition coefficient (Wildman–Crippen LogP) is 1.83. The molecule has 1 unspecified atom stereocenters. The van der Waals surface area contributed by atoms with Gasteiger partial charge in [0.2, 0.25) is 0 Å². The molecule has 0 saturated heterocycles. The molecule has 84 valence electrons. The molecule has 1 rings (SSSR count). The van der Waals surface area contributed by atoms with Gasteiger partial charge in [-0.1, -0.05) is 25.7 Å². The van der Waals surface area contributed by atoms with Gasteiger partial charge >= 0.3 is 0 Å². The molecule has 1 atom stereocenters. The first-order valence-corrected chi connectivity index (χ1v) is 5.83. The zero-order valence-corrected chi connectivity index (χ0v) is 9.30. The average Bonchev–Trinajstić information content (AvgIpc) is 2.48. The van der Waals surface area contributed by atoms with E-state index in [9.17, 15) is 0 Å². The Balaban J connectivity index is 2.32. The lowest BCUT2D eigenvalue weighted by Gasteiger charge is -2.25. The number of ether oxygens (including phenoxy) is 1. The van der Waals surface area contributed by atoms with Gasteiger partial charge in [-0.15, -0.1) is 0 Å². The van der Waals surface area contributed by atoms with Crippen LogP contribution in [-0.2, 0) is 4.74 Å². The average molecular weight is 200 g/mol. The molecule has 0 spiro atoms. The molecule has 1 fully saturated rings. The third-order valence-corrected chi connectivity index (χ3v) is 3.32. The molecule has 0 bridgehead atoms. The highest BCUT2D eigenvalue weighted by Crippen LogP contribution is 2.26. The van der Waals surface area contributed by atoms with Crippen LogP contribution in [0.5, 0.6) is 0 Å². The van der Waals surface area contributed by atoms with E-state index in [1.54, 1.807) is 7.11 Å². The smallest absolute Gasteiger partial charge is 0.0477 e. The second-order valence-corrected chi connectivity index (χ2v) is 4.31. The highest BCUT2D eigenvalue weighted by molar-refractivity contribution is 4.76. The van der Waals surface area contributed by atoms with Crippen molar-refractivity contribution in [2.24, 2.45) is 11.8 Å². The standard InChI is InChI=1S/C11H24N2O/c1-14-9-8-11(13-12)10-6-4-2-3-5-7-10/h10-11,13H,2-9,12H2,1H3. The van der Waals surface area contributed by atoms with Gasteiger partial charge in [-0.3, -0.25) is 11.3 Å². The van der Waals surface area contributed by atoms with E-state index in [0.29, 0.717) is 6.04 Å². The molecule has 0 aromatic heterocycles. The Labute approximate surface area is 87.4 Å². The van der Waals surface area contributed by atoms with Gasteiger partial charge in [0.05, 0.1) is 0 Å². The van der Waals surface area contributed by atoms with Crippen LogP contribution in [0, 0.1) is 5.92 Å². The Morgan fingerprint density at radius 1 is 1.29 bits per heavy atom. The highest BCUT2D eigenvalue weighted by atomic mass is 16.5. The van der Waals surface area contributed by atoms with Gasteiger partial charge in [-0.2, -0.15) is 0 Å². The first-order valence-electron chi connectivity index (χ1n) is 5.83. The van der Waals surface area contributed by atoms with E-state index >= 15 is 0 Å². The molecule has 0 aliphatic heterocycles. The molecule has 0 aromatic carbocycles.